The van der Waals surface area contributed by atoms with Crippen LogP contribution < -0.4 is 4.90 Å². The molecule has 7 nitrogen and oxygen atoms in total. The number of nitrogens with one attached hydrogen (secondary N) is 1. The van der Waals surface area contributed by atoms with Crippen LogP contribution in [0.25, 0.3) is 22.3 Å². The van der Waals surface area contributed by atoms with Gasteiger partial charge in [0.05, 0.1) is 24.2 Å². The van der Waals surface area contributed by atoms with Crippen molar-refractivity contribution in [3.63, 3.8) is 0 Å². The third-order valence-corrected chi connectivity index (χ3v) is 4.74. The van der Waals surface area contributed by atoms with Crippen molar-refractivity contribution in [3.05, 3.63) is 42.2 Å². The molecule has 1 aromatic carbocycles. The molecular formula is C21H28N4O3. The van der Waals surface area contributed by atoms with Crippen molar-refractivity contribution in [2.45, 2.75) is 19.4 Å². The van der Waals surface area contributed by atoms with Crippen molar-refractivity contribution in [2.75, 3.05) is 45.4 Å². The number of H-pyrrole nitrogens is 1. The lowest BCUT2D eigenvalue weighted by molar-refractivity contribution is 0.0786. The molecule has 0 saturated heterocycles. The molecule has 0 atom stereocenters. The smallest absolute Gasteiger partial charge is 0.143 e. The van der Waals surface area contributed by atoms with Crippen molar-refractivity contribution >= 4 is 16.9 Å². The summed E-state index contributed by atoms with van der Waals surface area (Å²) in [5.41, 5.74) is 2.78. The molecule has 0 spiro atoms. The Labute approximate surface area is 165 Å². The first-order chi connectivity index (χ1) is 13.4. The van der Waals surface area contributed by atoms with Crippen LogP contribution in [0.2, 0.25) is 0 Å². The number of ether oxygens (including phenoxy) is 2. The van der Waals surface area contributed by atoms with Gasteiger partial charge in [-0.3, -0.25) is 0 Å². The minimum absolute atomic E-state index is 0.602. The summed E-state index contributed by atoms with van der Waals surface area (Å²) in [6.07, 6.45) is 1.57. The molecule has 0 bridgehead atoms. The highest BCUT2D eigenvalue weighted by Crippen LogP contribution is 2.30. The number of hydrogen-bond acceptors (Lipinski definition) is 6. The van der Waals surface area contributed by atoms with E-state index in [0.717, 1.165) is 33.7 Å². The van der Waals surface area contributed by atoms with Crippen LogP contribution in [-0.4, -0.2) is 60.6 Å². The van der Waals surface area contributed by atoms with Gasteiger partial charge in [-0.1, -0.05) is 24.3 Å². The molecule has 0 fully saturated rings. The second-order valence-electron chi connectivity index (χ2n) is 7.25. The van der Waals surface area contributed by atoms with E-state index in [1.54, 1.807) is 34.4 Å². The van der Waals surface area contributed by atoms with E-state index in [0.29, 0.717) is 26.3 Å². The zero-order valence-electron chi connectivity index (χ0n) is 16.9. The number of aromatic amines is 1. The summed E-state index contributed by atoms with van der Waals surface area (Å²) in [6.45, 7) is 6.19. The monoisotopic (exact) mass is 384 g/mol. The minimum atomic E-state index is -0.860. The Morgan fingerprint density at radius 1 is 1.04 bits per heavy atom. The van der Waals surface area contributed by atoms with Crippen LogP contribution in [0.15, 0.2) is 36.7 Å². The zero-order chi connectivity index (χ0) is 20.1. The van der Waals surface area contributed by atoms with Crippen LogP contribution in [0.5, 0.6) is 0 Å². The van der Waals surface area contributed by atoms with Crippen LogP contribution >= 0.6 is 0 Å². The van der Waals surface area contributed by atoms with E-state index in [1.165, 1.54) is 0 Å². The van der Waals surface area contributed by atoms with Gasteiger partial charge in [0.1, 0.15) is 17.8 Å². The lowest BCUT2D eigenvalue weighted by Gasteiger charge is -2.23. The first-order valence-electron chi connectivity index (χ1n) is 9.34. The third-order valence-electron chi connectivity index (χ3n) is 4.74. The molecule has 150 valence electrons. The molecule has 2 heterocycles. The van der Waals surface area contributed by atoms with Crippen LogP contribution in [0.1, 0.15) is 19.4 Å². The standard InChI is InChI=1S/C21H28N4O3/c1-21(2,26)16-7-5-15(6-8-16)18-13-17-19(24-18)22-14-23-20(17)25(9-11-27-3)10-12-28-4/h5-8,13-14,26H,9-12H2,1-4H3,(H,22,23,24). The summed E-state index contributed by atoms with van der Waals surface area (Å²) in [4.78, 5) is 14.4. The van der Waals surface area contributed by atoms with Gasteiger partial charge >= 0.3 is 0 Å². The van der Waals surface area contributed by atoms with Crippen molar-refractivity contribution in [2.24, 2.45) is 0 Å². The van der Waals surface area contributed by atoms with Gasteiger partial charge in [-0.25, -0.2) is 9.97 Å². The fourth-order valence-electron chi connectivity index (χ4n) is 3.12. The second kappa shape index (κ2) is 8.68. The first-order valence-corrected chi connectivity index (χ1v) is 9.34. The van der Waals surface area contributed by atoms with Crippen LogP contribution in [0.4, 0.5) is 5.82 Å². The summed E-state index contributed by atoms with van der Waals surface area (Å²) < 4.78 is 10.5. The second-order valence-corrected chi connectivity index (χ2v) is 7.25. The van der Waals surface area contributed by atoms with Crippen molar-refractivity contribution in [3.8, 4) is 11.3 Å². The number of hydrogen-bond donors (Lipinski definition) is 2. The van der Waals surface area contributed by atoms with Gasteiger partial charge in [-0.15, -0.1) is 0 Å². The van der Waals surface area contributed by atoms with E-state index in [9.17, 15) is 5.11 Å². The number of benzene rings is 1. The molecule has 0 unspecified atom stereocenters. The maximum atomic E-state index is 10.2. The van der Waals surface area contributed by atoms with Gasteiger partial charge < -0.3 is 24.5 Å². The lowest BCUT2D eigenvalue weighted by atomic mass is 9.97. The molecule has 7 heteroatoms. The molecule has 3 aromatic rings. The molecule has 0 aliphatic carbocycles. The van der Waals surface area contributed by atoms with Gasteiger partial charge in [0.15, 0.2) is 0 Å². The van der Waals surface area contributed by atoms with Gasteiger partial charge in [-0.2, -0.15) is 0 Å². The van der Waals surface area contributed by atoms with E-state index < -0.39 is 5.60 Å². The number of rotatable bonds is 9. The lowest BCUT2D eigenvalue weighted by Crippen LogP contribution is -2.31. The van der Waals surface area contributed by atoms with E-state index >= 15 is 0 Å². The SMILES string of the molecule is COCCN(CCOC)c1ncnc2[nH]c(-c3ccc(C(C)(C)O)cc3)cc12. The highest BCUT2D eigenvalue weighted by atomic mass is 16.5. The topological polar surface area (TPSA) is 83.5 Å². The number of fused-ring (bicyclic) bond motifs is 1. The molecular weight excluding hydrogens is 356 g/mol. The Hall–Kier alpha value is -2.48. The van der Waals surface area contributed by atoms with Gasteiger partial charge in [0.2, 0.25) is 0 Å². The number of aliphatic hydroxyl groups is 1. The summed E-state index contributed by atoms with van der Waals surface area (Å²) in [5.74, 6) is 0.856. The molecule has 0 radical (unpaired) electrons. The van der Waals surface area contributed by atoms with Crippen LogP contribution in [0.3, 0.4) is 0 Å². The molecule has 3 rings (SSSR count). The molecule has 0 amide bonds. The first kappa shape index (κ1) is 20.3. The average Bonchev–Trinajstić information content (AvgIpc) is 3.12. The number of nitrogens with zero attached hydrogens (tertiary/aromatic N) is 3. The van der Waals surface area contributed by atoms with E-state index in [2.05, 4.69) is 25.9 Å². The maximum Gasteiger partial charge on any atom is 0.143 e. The van der Waals surface area contributed by atoms with Gasteiger partial charge in [-0.05, 0) is 31.0 Å². The van der Waals surface area contributed by atoms with E-state index in [1.807, 2.05) is 24.3 Å². The maximum absolute atomic E-state index is 10.2. The highest BCUT2D eigenvalue weighted by molar-refractivity contribution is 5.91. The number of methoxy groups -OCH3 is 2. The highest BCUT2D eigenvalue weighted by Gasteiger charge is 2.17. The Bertz CT molecular complexity index is 892. The van der Waals surface area contributed by atoms with E-state index in [-0.39, 0.29) is 0 Å². The summed E-state index contributed by atoms with van der Waals surface area (Å²) in [5, 5.41) is 11.1. The van der Waals surface area contributed by atoms with Crippen molar-refractivity contribution in [1.82, 2.24) is 15.0 Å². The quantitative estimate of drug-likeness (QED) is 0.590. The molecule has 2 aromatic heterocycles. The fourth-order valence-corrected chi connectivity index (χ4v) is 3.12. The van der Waals surface area contributed by atoms with Crippen molar-refractivity contribution in [1.29, 1.82) is 0 Å². The Morgan fingerprint density at radius 3 is 2.25 bits per heavy atom. The predicted octanol–water partition coefficient (Wildman–Crippen LogP) is 2.95. The zero-order valence-corrected chi connectivity index (χ0v) is 16.9. The molecule has 0 aliphatic heterocycles. The Balaban J connectivity index is 1.96. The largest absolute Gasteiger partial charge is 0.386 e. The van der Waals surface area contributed by atoms with E-state index in [4.69, 9.17) is 9.47 Å². The van der Waals surface area contributed by atoms with Crippen molar-refractivity contribution < 1.29 is 14.6 Å². The van der Waals surface area contributed by atoms with Gasteiger partial charge in [0, 0.05) is 33.0 Å². The van der Waals surface area contributed by atoms with Crippen LogP contribution in [-0.2, 0) is 15.1 Å². The third kappa shape index (κ3) is 4.49. The summed E-state index contributed by atoms with van der Waals surface area (Å²) in [7, 11) is 3.38. The molecule has 2 N–H and O–H groups in total. The normalized spacial score (nSPS) is 11.9. The minimum Gasteiger partial charge on any atom is -0.386 e. The Kier molecular flexibility index (Phi) is 6.28. The molecule has 0 aliphatic rings. The summed E-state index contributed by atoms with van der Waals surface area (Å²) in [6, 6.07) is 9.95. The molecule has 0 saturated carbocycles. The predicted molar refractivity (Wildman–Crippen MR) is 111 cm³/mol. The average molecular weight is 384 g/mol. The molecule has 28 heavy (non-hydrogen) atoms. The van der Waals surface area contributed by atoms with Crippen LogP contribution in [0, 0.1) is 0 Å². The number of anilines is 1. The van der Waals surface area contributed by atoms with Gasteiger partial charge in [0.25, 0.3) is 0 Å². The summed E-state index contributed by atoms with van der Waals surface area (Å²) >= 11 is 0. The number of aromatic nitrogens is 3. The fraction of sp³-hybridized carbons (Fsp3) is 0.429. The Morgan fingerprint density at radius 2 is 1.68 bits per heavy atom.